The Kier molecular flexibility index (Phi) is 3.65. The van der Waals surface area contributed by atoms with Crippen molar-refractivity contribution in [2.24, 2.45) is 0 Å². The summed E-state index contributed by atoms with van der Waals surface area (Å²) in [6.07, 6.45) is 1.00. The lowest BCUT2D eigenvalue weighted by Gasteiger charge is -2.51. The largest absolute Gasteiger partial charge is 0.0619 e. The molecule has 0 heterocycles. The van der Waals surface area contributed by atoms with Crippen LogP contribution in [0.4, 0.5) is 0 Å². The van der Waals surface area contributed by atoms with Gasteiger partial charge >= 0.3 is 0 Å². The third kappa shape index (κ3) is 2.17. The Balaban J connectivity index is 1.73. The van der Waals surface area contributed by atoms with Crippen molar-refractivity contribution in [1.82, 2.24) is 0 Å². The molecule has 0 N–H and O–H groups in total. The van der Waals surface area contributed by atoms with Gasteiger partial charge < -0.3 is 0 Å². The number of aryl methyl sites for hydroxylation is 3. The van der Waals surface area contributed by atoms with Crippen LogP contribution in [0.2, 0.25) is 0 Å². The molecule has 4 aromatic carbocycles. The van der Waals surface area contributed by atoms with Crippen molar-refractivity contribution in [3.8, 4) is 0 Å². The van der Waals surface area contributed by atoms with Gasteiger partial charge in [-0.3, -0.25) is 0 Å². The quantitative estimate of drug-likeness (QED) is 0.348. The van der Waals surface area contributed by atoms with E-state index in [9.17, 15) is 0 Å². The van der Waals surface area contributed by atoms with E-state index < -0.39 is 0 Å². The second-order valence-corrected chi connectivity index (χ2v) is 9.15. The summed E-state index contributed by atoms with van der Waals surface area (Å²) < 4.78 is 0. The molecule has 0 spiro atoms. The van der Waals surface area contributed by atoms with Gasteiger partial charge in [0.15, 0.2) is 0 Å². The zero-order chi connectivity index (χ0) is 20.5. The van der Waals surface area contributed by atoms with E-state index in [1.54, 1.807) is 0 Å². The SMILES string of the molecule is Cc1cc(C)c(CC23c4ccccc4C(c4ccccc42)c2ccccc23)c(C)c1. The van der Waals surface area contributed by atoms with Crippen molar-refractivity contribution in [3.05, 3.63) is 141 Å². The van der Waals surface area contributed by atoms with Gasteiger partial charge in [-0.1, -0.05) is 90.5 Å². The highest BCUT2D eigenvalue weighted by Crippen LogP contribution is 2.60. The molecule has 0 saturated carbocycles. The van der Waals surface area contributed by atoms with Crippen molar-refractivity contribution in [3.63, 3.8) is 0 Å². The Morgan fingerprint density at radius 1 is 0.600 bits per heavy atom. The van der Waals surface area contributed by atoms with Gasteiger partial charge in [-0.25, -0.2) is 0 Å². The molecule has 4 aromatic rings. The van der Waals surface area contributed by atoms with Crippen LogP contribution in [0.25, 0.3) is 0 Å². The normalized spacial score (nSPS) is 20.4. The van der Waals surface area contributed by atoms with Crippen LogP contribution >= 0.6 is 0 Å². The first-order valence-electron chi connectivity index (χ1n) is 11.0. The molecule has 0 heteroatoms. The van der Waals surface area contributed by atoms with E-state index in [2.05, 4.69) is 106 Å². The highest BCUT2D eigenvalue weighted by Gasteiger charge is 2.51. The maximum atomic E-state index is 2.38. The first-order valence-corrected chi connectivity index (χ1v) is 11.0. The van der Waals surface area contributed by atoms with Gasteiger partial charge in [-0.05, 0) is 77.3 Å². The van der Waals surface area contributed by atoms with Crippen molar-refractivity contribution in [1.29, 1.82) is 0 Å². The smallest absolute Gasteiger partial charge is 0.0500 e. The number of rotatable bonds is 2. The highest BCUT2D eigenvalue weighted by molar-refractivity contribution is 5.72. The van der Waals surface area contributed by atoms with Gasteiger partial charge in [0, 0.05) is 5.92 Å². The second-order valence-electron chi connectivity index (χ2n) is 9.15. The molecular formula is C30H26. The molecule has 30 heavy (non-hydrogen) atoms. The lowest BCUT2D eigenvalue weighted by atomic mass is 9.51. The summed E-state index contributed by atoms with van der Waals surface area (Å²) in [5.41, 5.74) is 14.4. The molecule has 0 amide bonds. The van der Waals surface area contributed by atoms with E-state index >= 15 is 0 Å². The zero-order valence-corrected chi connectivity index (χ0v) is 17.9. The summed E-state index contributed by atoms with van der Waals surface area (Å²) in [5.74, 6) is 0.343. The average molecular weight is 387 g/mol. The van der Waals surface area contributed by atoms with E-state index in [0.29, 0.717) is 5.92 Å². The monoisotopic (exact) mass is 386 g/mol. The third-order valence-electron chi connectivity index (χ3n) is 7.48. The van der Waals surface area contributed by atoms with Crippen molar-refractivity contribution >= 4 is 0 Å². The second kappa shape index (κ2) is 6.19. The third-order valence-corrected chi connectivity index (χ3v) is 7.48. The molecule has 0 saturated heterocycles. The summed E-state index contributed by atoms with van der Waals surface area (Å²) in [5, 5.41) is 0. The summed E-state index contributed by atoms with van der Waals surface area (Å²) in [6, 6.07) is 32.2. The minimum Gasteiger partial charge on any atom is -0.0619 e. The van der Waals surface area contributed by atoms with Crippen LogP contribution in [-0.2, 0) is 11.8 Å². The van der Waals surface area contributed by atoms with Crippen LogP contribution in [0.1, 0.15) is 61.6 Å². The van der Waals surface area contributed by atoms with Gasteiger partial charge in [-0.15, -0.1) is 0 Å². The van der Waals surface area contributed by atoms with Crippen LogP contribution in [0.15, 0.2) is 84.9 Å². The van der Waals surface area contributed by atoms with E-state index in [4.69, 9.17) is 0 Å². The molecule has 3 aliphatic carbocycles. The molecule has 0 fully saturated rings. The van der Waals surface area contributed by atoms with Gasteiger partial charge in [0.2, 0.25) is 0 Å². The van der Waals surface area contributed by atoms with Crippen molar-refractivity contribution in [2.45, 2.75) is 38.5 Å². The van der Waals surface area contributed by atoms with Crippen LogP contribution in [0.5, 0.6) is 0 Å². The lowest BCUT2D eigenvalue weighted by Crippen LogP contribution is -2.44. The Labute approximate surface area is 179 Å². The molecule has 0 nitrogen and oxygen atoms in total. The summed E-state index contributed by atoms with van der Waals surface area (Å²) in [4.78, 5) is 0. The lowest BCUT2D eigenvalue weighted by molar-refractivity contribution is 0.538. The molecule has 2 bridgehead atoms. The number of hydrogen-bond donors (Lipinski definition) is 0. The zero-order valence-electron chi connectivity index (χ0n) is 17.9. The molecule has 146 valence electrons. The van der Waals surface area contributed by atoms with E-state index in [1.807, 2.05) is 0 Å². The minimum atomic E-state index is -0.136. The van der Waals surface area contributed by atoms with Crippen LogP contribution in [0, 0.1) is 20.8 Å². The van der Waals surface area contributed by atoms with E-state index in [-0.39, 0.29) is 5.41 Å². The van der Waals surface area contributed by atoms with Crippen molar-refractivity contribution < 1.29 is 0 Å². The molecule has 3 aliphatic rings. The topological polar surface area (TPSA) is 0 Å². The van der Waals surface area contributed by atoms with Crippen LogP contribution in [0.3, 0.4) is 0 Å². The predicted molar refractivity (Wildman–Crippen MR) is 125 cm³/mol. The Morgan fingerprint density at radius 2 is 1.00 bits per heavy atom. The highest BCUT2D eigenvalue weighted by atomic mass is 14.5. The summed E-state index contributed by atoms with van der Waals surface area (Å²) >= 11 is 0. The first-order chi connectivity index (χ1) is 14.6. The van der Waals surface area contributed by atoms with Gasteiger partial charge in [0.25, 0.3) is 0 Å². The maximum absolute atomic E-state index is 2.38. The number of hydrogen-bond acceptors (Lipinski definition) is 0. The molecule has 0 aliphatic heterocycles. The van der Waals surface area contributed by atoms with Gasteiger partial charge in [-0.2, -0.15) is 0 Å². The van der Waals surface area contributed by atoms with E-state index in [1.165, 1.54) is 55.6 Å². The average Bonchev–Trinajstić information content (AvgIpc) is 2.76. The summed E-state index contributed by atoms with van der Waals surface area (Å²) in [6.45, 7) is 6.77. The fraction of sp³-hybridized carbons (Fsp3) is 0.200. The standard InChI is InChI=1S/C30H26/c1-19-16-20(2)25(21(3)17-19)18-30-26-13-7-4-10-22(26)29(23-11-5-8-14-27(23)30)24-12-6-9-15-28(24)30/h4-17,29H,18H2,1-3H3. The Hall–Kier alpha value is -3.12. The molecule has 0 aromatic heterocycles. The van der Waals surface area contributed by atoms with Crippen LogP contribution < -0.4 is 0 Å². The first kappa shape index (κ1) is 17.7. The molecule has 7 rings (SSSR count). The van der Waals surface area contributed by atoms with Gasteiger partial charge in [0.1, 0.15) is 0 Å². The minimum absolute atomic E-state index is 0.136. The van der Waals surface area contributed by atoms with Gasteiger partial charge in [0.05, 0.1) is 5.41 Å². The van der Waals surface area contributed by atoms with Crippen LogP contribution in [-0.4, -0.2) is 0 Å². The molecule has 0 atom stereocenters. The molecule has 0 unspecified atom stereocenters. The Morgan fingerprint density at radius 3 is 1.43 bits per heavy atom. The Bertz CT molecular complexity index is 1170. The van der Waals surface area contributed by atoms with Crippen molar-refractivity contribution in [2.75, 3.05) is 0 Å². The number of benzene rings is 4. The predicted octanol–water partition coefficient (Wildman–Crippen LogP) is 7.00. The fourth-order valence-corrected chi connectivity index (χ4v) is 6.39. The molecular weight excluding hydrogens is 360 g/mol. The van der Waals surface area contributed by atoms with E-state index in [0.717, 1.165) is 6.42 Å². The molecule has 0 radical (unpaired) electrons. The fourth-order valence-electron chi connectivity index (χ4n) is 6.39. The maximum Gasteiger partial charge on any atom is 0.0500 e. The summed E-state index contributed by atoms with van der Waals surface area (Å²) in [7, 11) is 0.